The quantitative estimate of drug-likeness (QED) is 0.684. The van der Waals surface area contributed by atoms with Gasteiger partial charge in [-0.15, -0.1) is 0 Å². The van der Waals surface area contributed by atoms with Gasteiger partial charge in [-0.05, 0) is 42.0 Å². The minimum absolute atomic E-state index is 0.129. The summed E-state index contributed by atoms with van der Waals surface area (Å²) in [6.45, 7) is 0. The van der Waals surface area contributed by atoms with Crippen LogP contribution in [0.25, 0.3) is 12.2 Å². The number of rotatable bonds is 3. The lowest BCUT2D eigenvalue weighted by molar-refractivity contribution is -0.112. The lowest BCUT2D eigenvalue weighted by Gasteiger charge is -2.06. The van der Waals surface area contributed by atoms with Gasteiger partial charge in [-0.1, -0.05) is 12.1 Å². The largest absolute Gasteiger partial charge is 0.321 e. The molecule has 1 amide bonds. The molecule has 0 bridgehead atoms. The summed E-state index contributed by atoms with van der Waals surface area (Å²) in [5.74, 6) is -0.633. The van der Waals surface area contributed by atoms with Crippen LogP contribution in [0.15, 0.2) is 58.5 Å². The third kappa shape index (κ3) is 3.09. The van der Waals surface area contributed by atoms with Gasteiger partial charge in [0.05, 0.1) is 10.6 Å². The summed E-state index contributed by atoms with van der Waals surface area (Å²) < 4.78 is 23.7. The average molecular weight is 337 g/mol. The summed E-state index contributed by atoms with van der Waals surface area (Å²) in [5, 5.41) is 12.8. The smallest absolute Gasteiger partial charge is 0.266 e. The first-order valence-corrected chi connectivity index (χ1v) is 8.46. The fraction of sp³-hybridized carbons (Fsp3) is 0. The maximum Gasteiger partial charge on any atom is 0.266 e. The Labute approximate surface area is 138 Å². The first kappa shape index (κ1) is 15.6. The Morgan fingerprint density at radius 3 is 2.79 bits per heavy atom. The number of amides is 1. The molecule has 2 aromatic rings. The van der Waals surface area contributed by atoms with Crippen LogP contribution >= 0.6 is 0 Å². The number of anilines is 1. The molecule has 2 heterocycles. The zero-order chi connectivity index (χ0) is 17.2. The van der Waals surface area contributed by atoms with Crippen molar-refractivity contribution >= 4 is 33.6 Å². The van der Waals surface area contributed by atoms with E-state index in [0.29, 0.717) is 16.9 Å². The summed E-state index contributed by atoms with van der Waals surface area (Å²) in [7, 11) is -3.46. The van der Waals surface area contributed by atoms with Crippen LogP contribution in [0.2, 0.25) is 0 Å². The molecule has 3 rings (SSSR count). The molecule has 0 aliphatic carbocycles. The first-order chi connectivity index (χ1) is 11.5. The van der Waals surface area contributed by atoms with Gasteiger partial charge < -0.3 is 5.32 Å². The number of carbonyl (C=O) groups excluding carboxylic acids is 1. The van der Waals surface area contributed by atoms with Crippen LogP contribution in [0.4, 0.5) is 5.69 Å². The van der Waals surface area contributed by atoms with E-state index in [-0.39, 0.29) is 10.5 Å². The highest BCUT2D eigenvalue weighted by Crippen LogP contribution is 2.29. The van der Waals surface area contributed by atoms with Gasteiger partial charge in [-0.2, -0.15) is 5.26 Å². The number of hydrogen-bond acceptors (Lipinski definition) is 5. The van der Waals surface area contributed by atoms with E-state index in [1.54, 1.807) is 36.5 Å². The predicted molar refractivity (Wildman–Crippen MR) is 89.1 cm³/mol. The number of hydrogen-bond donors (Lipinski definition) is 1. The molecule has 0 radical (unpaired) electrons. The van der Waals surface area contributed by atoms with E-state index in [1.165, 1.54) is 18.2 Å². The molecule has 0 saturated heterocycles. The predicted octanol–water partition coefficient (Wildman–Crippen LogP) is 2.39. The summed E-state index contributed by atoms with van der Waals surface area (Å²) in [5.41, 5.74) is 1.21. The van der Waals surface area contributed by atoms with E-state index in [1.807, 2.05) is 6.07 Å². The van der Waals surface area contributed by atoms with Crippen LogP contribution in [0.1, 0.15) is 11.3 Å². The summed E-state index contributed by atoms with van der Waals surface area (Å²) in [6, 6.07) is 11.5. The zero-order valence-corrected chi connectivity index (χ0v) is 13.1. The van der Waals surface area contributed by atoms with Crippen molar-refractivity contribution in [3.8, 4) is 6.07 Å². The Hall–Kier alpha value is -3.24. The maximum absolute atomic E-state index is 12.2. The first-order valence-electron chi connectivity index (χ1n) is 6.91. The Morgan fingerprint density at radius 2 is 2.08 bits per heavy atom. The van der Waals surface area contributed by atoms with Gasteiger partial charge in [0.25, 0.3) is 5.91 Å². The molecule has 1 aliphatic rings. The van der Waals surface area contributed by atoms with Crippen LogP contribution in [0.5, 0.6) is 0 Å². The third-order valence-electron chi connectivity index (χ3n) is 3.35. The van der Waals surface area contributed by atoms with Crippen molar-refractivity contribution in [1.82, 2.24) is 4.98 Å². The van der Waals surface area contributed by atoms with Crippen molar-refractivity contribution in [3.63, 3.8) is 0 Å². The van der Waals surface area contributed by atoms with Crippen molar-refractivity contribution in [2.75, 3.05) is 5.32 Å². The van der Waals surface area contributed by atoms with Gasteiger partial charge in [0.15, 0.2) is 0 Å². The Morgan fingerprint density at radius 1 is 1.25 bits per heavy atom. The van der Waals surface area contributed by atoms with Gasteiger partial charge in [0.1, 0.15) is 11.6 Å². The molecule has 6 nitrogen and oxygen atoms in total. The molecule has 1 aromatic heterocycles. The lowest BCUT2D eigenvalue weighted by atomic mass is 10.2. The number of fused-ring (bicyclic) bond motifs is 1. The van der Waals surface area contributed by atoms with Crippen molar-refractivity contribution < 1.29 is 13.2 Å². The number of carbonyl (C=O) groups is 1. The second kappa shape index (κ2) is 6.10. The minimum Gasteiger partial charge on any atom is -0.321 e. The molecular weight excluding hydrogens is 326 g/mol. The van der Waals surface area contributed by atoms with Crippen molar-refractivity contribution in [3.05, 3.63) is 64.8 Å². The zero-order valence-electron chi connectivity index (χ0n) is 12.3. The van der Waals surface area contributed by atoms with Gasteiger partial charge in [-0.25, -0.2) is 8.42 Å². The molecule has 1 aliphatic heterocycles. The van der Waals surface area contributed by atoms with E-state index in [0.717, 1.165) is 5.41 Å². The molecule has 118 valence electrons. The number of benzene rings is 1. The van der Waals surface area contributed by atoms with Gasteiger partial charge >= 0.3 is 0 Å². The summed E-state index contributed by atoms with van der Waals surface area (Å²) in [4.78, 5) is 16.4. The summed E-state index contributed by atoms with van der Waals surface area (Å²) >= 11 is 0. The van der Waals surface area contributed by atoms with Crippen molar-refractivity contribution in [2.24, 2.45) is 0 Å². The van der Waals surface area contributed by atoms with E-state index in [4.69, 9.17) is 5.26 Å². The number of nitriles is 1. The van der Waals surface area contributed by atoms with Crippen LogP contribution in [-0.4, -0.2) is 19.3 Å². The third-order valence-corrected chi connectivity index (χ3v) is 4.81. The molecule has 0 fully saturated rings. The number of aromatic nitrogens is 1. The van der Waals surface area contributed by atoms with Crippen molar-refractivity contribution in [2.45, 2.75) is 4.90 Å². The molecule has 0 atom stereocenters. The second-order valence-corrected chi connectivity index (χ2v) is 6.78. The highest BCUT2D eigenvalue weighted by molar-refractivity contribution is 7.94. The number of nitrogens with one attached hydrogen (secondary N) is 1. The standard InChI is InChI=1S/C17H11N3O3S/c18-11-13(9-14-3-1-2-7-19-14)17(21)20-15-5-4-12-6-8-24(22,23)16(12)10-15/h1-10H,(H,20,21). The monoisotopic (exact) mass is 337 g/mol. The Kier molecular flexibility index (Phi) is 3.98. The molecule has 0 unspecified atom stereocenters. The van der Waals surface area contributed by atoms with E-state index in [2.05, 4.69) is 10.3 Å². The van der Waals surface area contributed by atoms with Crippen molar-refractivity contribution in [1.29, 1.82) is 5.26 Å². The topological polar surface area (TPSA) is 99.9 Å². The highest BCUT2D eigenvalue weighted by atomic mass is 32.2. The molecule has 0 saturated carbocycles. The van der Waals surface area contributed by atoms with Gasteiger partial charge in [0, 0.05) is 17.3 Å². The Balaban J connectivity index is 1.85. The molecule has 7 heteroatoms. The SMILES string of the molecule is N#CC(=Cc1ccccn1)C(=O)Nc1ccc2c(c1)S(=O)(=O)C=C2. The normalized spacial score (nSPS) is 14.7. The molecule has 0 spiro atoms. The molecule has 24 heavy (non-hydrogen) atoms. The highest BCUT2D eigenvalue weighted by Gasteiger charge is 2.21. The Bertz CT molecular complexity index is 1020. The van der Waals surface area contributed by atoms with Crippen LogP contribution < -0.4 is 5.32 Å². The number of pyridine rings is 1. The van der Waals surface area contributed by atoms with E-state index >= 15 is 0 Å². The van der Waals surface area contributed by atoms with E-state index in [9.17, 15) is 13.2 Å². The number of sulfone groups is 1. The number of nitrogens with zero attached hydrogens (tertiary/aromatic N) is 2. The average Bonchev–Trinajstić information content (AvgIpc) is 2.88. The lowest BCUT2D eigenvalue weighted by Crippen LogP contribution is -2.14. The molecular formula is C17H11N3O3S. The summed E-state index contributed by atoms with van der Waals surface area (Å²) in [6.07, 6.45) is 4.41. The van der Waals surface area contributed by atoms with Crippen LogP contribution in [0, 0.1) is 11.3 Å². The maximum atomic E-state index is 12.2. The fourth-order valence-corrected chi connectivity index (χ4v) is 3.42. The van der Waals surface area contributed by atoms with Crippen LogP contribution in [0.3, 0.4) is 0 Å². The molecule has 1 N–H and O–H groups in total. The van der Waals surface area contributed by atoms with Gasteiger partial charge in [0.2, 0.25) is 9.84 Å². The second-order valence-electron chi connectivity index (χ2n) is 4.98. The minimum atomic E-state index is -3.46. The van der Waals surface area contributed by atoms with Crippen LogP contribution in [-0.2, 0) is 14.6 Å². The fourth-order valence-electron chi connectivity index (χ4n) is 2.19. The van der Waals surface area contributed by atoms with E-state index < -0.39 is 15.7 Å². The van der Waals surface area contributed by atoms with Gasteiger partial charge in [-0.3, -0.25) is 9.78 Å². The molecule has 1 aromatic carbocycles.